The zero-order valence-corrected chi connectivity index (χ0v) is 17.2. The Morgan fingerprint density at radius 1 is 0.968 bits per heavy atom. The van der Waals surface area contributed by atoms with Gasteiger partial charge in [0.05, 0.1) is 16.8 Å². The summed E-state index contributed by atoms with van der Waals surface area (Å²) in [4.78, 5) is 15.8. The molecule has 0 aliphatic carbocycles. The van der Waals surface area contributed by atoms with Crippen molar-refractivity contribution in [2.75, 3.05) is 18.0 Å². The Balaban J connectivity index is 1.59. The zero-order valence-electron chi connectivity index (χ0n) is 17.2. The Labute approximate surface area is 179 Å². The summed E-state index contributed by atoms with van der Waals surface area (Å²) in [5.41, 5.74) is 2.91. The van der Waals surface area contributed by atoms with Crippen LogP contribution in [0.3, 0.4) is 0 Å². The maximum Gasteiger partial charge on any atom is 0.159 e. The molecule has 5 rings (SSSR count). The Morgan fingerprint density at radius 3 is 2.58 bits per heavy atom. The summed E-state index contributed by atoms with van der Waals surface area (Å²) in [6.45, 7) is 4.32. The van der Waals surface area contributed by atoms with Gasteiger partial charge in [-0.25, -0.2) is 18.7 Å². The predicted octanol–water partition coefficient (Wildman–Crippen LogP) is 5.87. The van der Waals surface area contributed by atoms with Crippen LogP contribution in [0.1, 0.15) is 19.8 Å². The third kappa shape index (κ3) is 3.74. The monoisotopic (exact) mass is 416 g/mol. The first-order valence-electron chi connectivity index (χ1n) is 10.5. The third-order valence-corrected chi connectivity index (χ3v) is 5.85. The summed E-state index contributed by atoms with van der Waals surface area (Å²) < 4.78 is 28.5. The molecule has 0 amide bonds. The van der Waals surface area contributed by atoms with Crippen LogP contribution in [-0.4, -0.2) is 28.0 Å². The summed E-state index contributed by atoms with van der Waals surface area (Å²) in [6.07, 6.45) is 5.79. The third-order valence-electron chi connectivity index (χ3n) is 5.85. The van der Waals surface area contributed by atoms with Crippen LogP contribution in [0.15, 0.2) is 60.9 Å². The lowest BCUT2D eigenvalue weighted by Gasteiger charge is -2.33. The number of nitrogens with zero attached hydrogens (tertiary/aromatic N) is 4. The second-order valence-corrected chi connectivity index (χ2v) is 8.12. The Morgan fingerprint density at radius 2 is 1.77 bits per heavy atom. The molecular formula is C25H22F2N4. The number of aromatic nitrogens is 3. The van der Waals surface area contributed by atoms with Gasteiger partial charge in [0.15, 0.2) is 5.82 Å². The van der Waals surface area contributed by atoms with E-state index in [1.807, 2.05) is 24.4 Å². The van der Waals surface area contributed by atoms with E-state index in [4.69, 9.17) is 0 Å². The topological polar surface area (TPSA) is 41.9 Å². The number of halogens is 2. The molecule has 0 radical (unpaired) electrons. The van der Waals surface area contributed by atoms with Crippen molar-refractivity contribution in [3.05, 3.63) is 72.6 Å². The first-order chi connectivity index (χ1) is 15.1. The van der Waals surface area contributed by atoms with Gasteiger partial charge in [0, 0.05) is 42.1 Å². The number of benzene rings is 2. The molecule has 2 aromatic heterocycles. The summed E-state index contributed by atoms with van der Waals surface area (Å²) in [5.74, 6) is -0.220. The normalized spacial score (nSPS) is 16.6. The maximum atomic E-state index is 14.3. The molecule has 1 fully saturated rings. The van der Waals surface area contributed by atoms with E-state index in [-0.39, 0.29) is 11.3 Å². The van der Waals surface area contributed by atoms with Crippen molar-refractivity contribution in [2.45, 2.75) is 19.8 Å². The Bertz CT molecular complexity index is 1240. The number of fused-ring (bicyclic) bond motifs is 1. The van der Waals surface area contributed by atoms with Crippen LogP contribution < -0.4 is 4.90 Å². The molecule has 4 nitrogen and oxygen atoms in total. The number of piperidine rings is 1. The van der Waals surface area contributed by atoms with E-state index in [1.54, 1.807) is 0 Å². The lowest BCUT2D eigenvalue weighted by molar-refractivity contribution is 0.447. The molecule has 1 atom stereocenters. The molecule has 0 spiro atoms. The van der Waals surface area contributed by atoms with Gasteiger partial charge in [0.1, 0.15) is 11.6 Å². The van der Waals surface area contributed by atoms with Crippen molar-refractivity contribution >= 4 is 16.6 Å². The van der Waals surface area contributed by atoms with E-state index in [1.165, 1.54) is 43.3 Å². The van der Waals surface area contributed by atoms with E-state index in [2.05, 4.69) is 32.8 Å². The van der Waals surface area contributed by atoms with Gasteiger partial charge in [-0.1, -0.05) is 13.0 Å². The molecule has 0 N–H and O–H groups in total. The van der Waals surface area contributed by atoms with Gasteiger partial charge < -0.3 is 4.90 Å². The van der Waals surface area contributed by atoms with Gasteiger partial charge in [0.25, 0.3) is 0 Å². The van der Waals surface area contributed by atoms with Crippen molar-refractivity contribution in [1.29, 1.82) is 0 Å². The van der Waals surface area contributed by atoms with Crippen molar-refractivity contribution in [1.82, 2.24) is 15.0 Å². The van der Waals surface area contributed by atoms with Gasteiger partial charge in [-0.2, -0.15) is 0 Å². The van der Waals surface area contributed by atoms with E-state index in [9.17, 15) is 8.78 Å². The van der Waals surface area contributed by atoms with Crippen molar-refractivity contribution in [3.8, 4) is 22.6 Å². The first-order valence-corrected chi connectivity index (χ1v) is 10.5. The highest BCUT2D eigenvalue weighted by Gasteiger charge is 2.19. The summed E-state index contributed by atoms with van der Waals surface area (Å²) in [6, 6.07) is 13.2. The second-order valence-electron chi connectivity index (χ2n) is 8.12. The van der Waals surface area contributed by atoms with E-state index in [0.717, 1.165) is 35.2 Å². The van der Waals surface area contributed by atoms with Crippen LogP contribution in [0, 0.1) is 17.6 Å². The molecular weight excluding hydrogens is 394 g/mol. The van der Waals surface area contributed by atoms with Crippen LogP contribution >= 0.6 is 0 Å². The smallest absolute Gasteiger partial charge is 0.159 e. The molecule has 1 aliphatic heterocycles. The highest BCUT2D eigenvalue weighted by Crippen LogP contribution is 2.32. The molecule has 2 aromatic carbocycles. The molecule has 3 heterocycles. The van der Waals surface area contributed by atoms with Crippen LogP contribution in [0.4, 0.5) is 14.5 Å². The molecule has 0 bridgehead atoms. The van der Waals surface area contributed by atoms with Gasteiger partial charge >= 0.3 is 0 Å². The molecule has 4 aromatic rings. The first kappa shape index (κ1) is 19.5. The Hall–Kier alpha value is -3.41. The minimum atomic E-state index is -0.645. The number of anilines is 1. The number of hydrogen-bond acceptors (Lipinski definition) is 4. The second kappa shape index (κ2) is 8.02. The van der Waals surface area contributed by atoms with Crippen LogP contribution in [0.5, 0.6) is 0 Å². The highest BCUT2D eigenvalue weighted by molar-refractivity contribution is 5.94. The summed E-state index contributed by atoms with van der Waals surface area (Å²) in [7, 11) is 0. The molecule has 1 unspecified atom stereocenters. The summed E-state index contributed by atoms with van der Waals surface area (Å²) in [5, 5.41) is 1.03. The number of hydrogen-bond donors (Lipinski definition) is 0. The quantitative estimate of drug-likeness (QED) is 0.419. The molecule has 0 saturated carbocycles. The number of pyridine rings is 1. The lowest BCUT2D eigenvalue weighted by atomic mass is 9.99. The largest absolute Gasteiger partial charge is 0.371 e. The summed E-state index contributed by atoms with van der Waals surface area (Å²) >= 11 is 0. The molecule has 1 aliphatic rings. The van der Waals surface area contributed by atoms with Crippen molar-refractivity contribution in [3.63, 3.8) is 0 Å². The van der Waals surface area contributed by atoms with Crippen LogP contribution in [0.2, 0.25) is 0 Å². The fourth-order valence-electron chi connectivity index (χ4n) is 4.33. The standard InChI is InChI=1S/C25H22F2N4/c1-16-4-3-13-31(15-16)23-10-12-28-21-8-7-17(14-18(21)23)25-29-11-9-22(30-25)24-19(26)5-2-6-20(24)27/h2,5-12,14,16H,3-4,13,15H2,1H3. The molecule has 156 valence electrons. The van der Waals surface area contributed by atoms with Gasteiger partial charge in [-0.15, -0.1) is 0 Å². The predicted molar refractivity (Wildman–Crippen MR) is 119 cm³/mol. The Kier molecular flexibility index (Phi) is 5.06. The van der Waals surface area contributed by atoms with E-state index >= 15 is 0 Å². The lowest BCUT2D eigenvalue weighted by Crippen LogP contribution is -2.34. The molecule has 1 saturated heterocycles. The van der Waals surface area contributed by atoms with Gasteiger partial charge in [-0.3, -0.25) is 4.98 Å². The van der Waals surface area contributed by atoms with Gasteiger partial charge in [0.2, 0.25) is 0 Å². The fourth-order valence-corrected chi connectivity index (χ4v) is 4.33. The molecule has 31 heavy (non-hydrogen) atoms. The SMILES string of the molecule is CC1CCCN(c2ccnc3ccc(-c4nccc(-c5c(F)cccc5F)n4)cc23)C1. The highest BCUT2D eigenvalue weighted by atomic mass is 19.1. The minimum absolute atomic E-state index is 0.142. The molecule has 6 heteroatoms. The number of rotatable bonds is 3. The van der Waals surface area contributed by atoms with E-state index < -0.39 is 11.6 Å². The van der Waals surface area contributed by atoms with Crippen molar-refractivity contribution in [2.24, 2.45) is 5.92 Å². The van der Waals surface area contributed by atoms with Crippen LogP contribution in [0.25, 0.3) is 33.5 Å². The fraction of sp³-hybridized carbons (Fsp3) is 0.240. The average molecular weight is 416 g/mol. The zero-order chi connectivity index (χ0) is 21.4. The van der Waals surface area contributed by atoms with Crippen LogP contribution in [-0.2, 0) is 0 Å². The average Bonchev–Trinajstić information content (AvgIpc) is 2.78. The van der Waals surface area contributed by atoms with Gasteiger partial charge in [-0.05, 0) is 61.2 Å². The maximum absolute atomic E-state index is 14.3. The van der Waals surface area contributed by atoms with Crippen molar-refractivity contribution < 1.29 is 8.78 Å². The minimum Gasteiger partial charge on any atom is -0.371 e. The van der Waals surface area contributed by atoms with E-state index in [0.29, 0.717) is 11.7 Å².